The summed E-state index contributed by atoms with van der Waals surface area (Å²) in [5.74, 6) is 0. The molecule has 1 unspecified atom stereocenters. The van der Waals surface area contributed by atoms with Gasteiger partial charge in [0.15, 0.2) is 0 Å². The molecule has 0 aliphatic heterocycles. The summed E-state index contributed by atoms with van der Waals surface area (Å²) in [6, 6.07) is 0. The first-order chi connectivity index (χ1) is 1.00. The maximum absolute atomic E-state index is 2.89. The Kier molecular flexibility index (Phi) is 64.3. The van der Waals surface area contributed by atoms with Gasteiger partial charge < -0.3 is 17.9 Å². The van der Waals surface area contributed by atoms with Crippen molar-refractivity contribution in [3.63, 3.8) is 0 Å². The van der Waals surface area contributed by atoms with Gasteiger partial charge in [-0.25, -0.2) is 0 Å². The Balaban J connectivity index is -0.00000000500. The van der Waals surface area contributed by atoms with E-state index in [-0.39, 0.29) is 72.4 Å². The standard InChI is InChI=1S/K.H3P2.W/c;1-2;/h;1H,2H2;/q+1;-1;. The third kappa shape index (κ3) is 8.95. The summed E-state index contributed by atoms with van der Waals surface area (Å²) >= 11 is 0. The van der Waals surface area contributed by atoms with Crippen LogP contribution in [-0.4, -0.2) is 0 Å². The van der Waals surface area contributed by atoms with E-state index in [1.54, 1.807) is 0 Å². The van der Waals surface area contributed by atoms with Crippen LogP contribution in [0.1, 0.15) is 0 Å². The molecule has 20 valence electrons. The van der Waals surface area contributed by atoms with Crippen LogP contribution < -0.4 is 51.4 Å². The molecule has 0 heterocycles. The third-order valence-corrected chi connectivity index (χ3v) is 0. The van der Waals surface area contributed by atoms with E-state index in [0.29, 0.717) is 0 Å². The normalized spacial score (nSPS) is 1.50. The second-order valence-electron chi connectivity index (χ2n) is 0. The van der Waals surface area contributed by atoms with Crippen LogP contribution in [0.3, 0.4) is 0 Å². The van der Waals surface area contributed by atoms with Crippen LogP contribution in [0.15, 0.2) is 0 Å². The van der Waals surface area contributed by atoms with E-state index in [9.17, 15) is 0 Å². The smallest absolute Gasteiger partial charge is 0.533 e. The summed E-state index contributed by atoms with van der Waals surface area (Å²) in [4.78, 5) is 0. The minimum atomic E-state index is 0. The molecule has 0 amide bonds. The molecular weight excluding hydrogens is 285 g/mol. The van der Waals surface area contributed by atoms with Crippen molar-refractivity contribution in [1.29, 1.82) is 0 Å². The molecule has 0 aromatic heterocycles. The SMILES string of the molecule is [K+].[PH-]P.[W]. The van der Waals surface area contributed by atoms with Crippen LogP contribution in [0.25, 0.3) is 0 Å². The molecule has 0 bridgehead atoms. The van der Waals surface area contributed by atoms with Crippen molar-refractivity contribution in [2.75, 3.05) is 0 Å². The Morgan fingerprint density at radius 1 is 1.25 bits per heavy atom. The number of hydrogen-bond acceptors (Lipinski definition) is 0. The van der Waals surface area contributed by atoms with Crippen LogP contribution in [0.5, 0.6) is 0 Å². The van der Waals surface area contributed by atoms with Crippen LogP contribution in [0.4, 0.5) is 0 Å². The maximum atomic E-state index is 2.89. The maximum Gasteiger partial charge on any atom is 1.00 e. The molecule has 0 aliphatic carbocycles. The Morgan fingerprint density at radius 3 is 1.25 bits per heavy atom. The summed E-state index contributed by atoms with van der Waals surface area (Å²) in [5, 5.41) is 0. The summed E-state index contributed by atoms with van der Waals surface area (Å²) in [7, 11) is 5.11. The average Bonchev–Trinajstić information content (AvgIpc) is 1.00. The number of hydrogen-bond donors (Lipinski definition) is 0. The summed E-state index contributed by atoms with van der Waals surface area (Å²) in [6.07, 6.45) is 0. The quantitative estimate of drug-likeness (QED) is 0.354. The fourth-order valence-corrected chi connectivity index (χ4v) is 0. The fourth-order valence-electron chi connectivity index (χ4n) is 0. The van der Waals surface area contributed by atoms with Gasteiger partial charge in [0.1, 0.15) is 0 Å². The Bertz CT molecular complexity index is 6.00. The van der Waals surface area contributed by atoms with Gasteiger partial charge in [0.2, 0.25) is 0 Å². The monoisotopic (exact) mass is 288 g/mol. The zero-order valence-corrected chi connectivity index (χ0v) is 10.7. The molecule has 0 aliphatic rings. The largest absolute Gasteiger partial charge is 1.00 e. The molecule has 0 aromatic carbocycles. The number of rotatable bonds is 0. The van der Waals surface area contributed by atoms with Gasteiger partial charge in [0, 0.05) is 21.1 Å². The molecular formula is H3KP2W. The van der Waals surface area contributed by atoms with E-state index in [2.05, 4.69) is 17.9 Å². The van der Waals surface area contributed by atoms with E-state index in [4.69, 9.17) is 0 Å². The molecule has 4 heavy (non-hydrogen) atoms. The van der Waals surface area contributed by atoms with Crippen LogP contribution >= 0.6 is 17.9 Å². The van der Waals surface area contributed by atoms with Crippen LogP contribution in [0, 0.1) is 0 Å². The van der Waals surface area contributed by atoms with Crippen molar-refractivity contribution in [3.05, 3.63) is 0 Å². The minimum Gasteiger partial charge on any atom is -0.533 e. The topological polar surface area (TPSA) is 0 Å². The molecule has 0 saturated carbocycles. The second-order valence-corrected chi connectivity index (χ2v) is 0. The molecule has 0 spiro atoms. The van der Waals surface area contributed by atoms with Crippen LogP contribution in [-0.2, 0) is 21.1 Å². The van der Waals surface area contributed by atoms with Crippen molar-refractivity contribution in [2.45, 2.75) is 0 Å². The molecule has 4 heteroatoms. The molecule has 0 N–H and O–H groups in total. The fraction of sp³-hybridized carbons (Fsp3) is 0. The van der Waals surface area contributed by atoms with Crippen LogP contribution in [0.2, 0.25) is 0 Å². The second kappa shape index (κ2) is 16.4. The van der Waals surface area contributed by atoms with Gasteiger partial charge in [-0.15, -0.1) is 0 Å². The average molecular weight is 288 g/mol. The van der Waals surface area contributed by atoms with Crippen molar-refractivity contribution < 1.29 is 72.4 Å². The summed E-state index contributed by atoms with van der Waals surface area (Å²) in [5.41, 5.74) is 0. The molecule has 0 rings (SSSR count). The molecule has 0 aromatic rings. The van der Waals surface area contributed by atoms with Crippen molar-refractivity contribution in [3.8, 4) is 0 Å². The zero-order valence-electron chi connectivity index (χ0n) is 2.49. The van der Waals surface area contributed by atoms with E-state index in [0.717, 1.165) is 0 Å². The first-order valence-corrected chi connectivity index (χ1v) is 2.60. The van der Waals surface area contributed by atoms with Gasteiger partial charge in [-0.1, -0.05) is 0 Å². The van der Waals surface area contributed by atoms with Gasteiger partial charge in [-0.05, 0) is 0 Å². The van der Waals surface area contributed by atoms with Gasteiger partial charge in [0.05, 0.1) is 0 Å². The van der Waals surface area contributed by atoms with E-state index < -0.39 is 0 Å². The molecule has 1 atom stereocenters. The molecule has 0 saturated heterocycles. The van der Waals surface area contributed by atoms with Gasteiger partial charge in [0.25, 0.3) is 0 Å². The third-order valence-electron chi connectivity index (χ3n) is 0. The van der Waals surface area contributed by atoms with Crippen molar-refractivity contribution in [1.82, 2.24) is 0 Å². The van der Waals surface area contributed by atoms with E-state index in [1.807, 2.05) is 0 Å². The molecule has 0 nitrogen and oxygen atoms in total. The zero-order chi connectivity index (χ0) is 2.00. The summed E-state index contributed by atoms with van der Waals surface area (Å²) < 4.78 is 0. The predicted molar refractivity (Wildman–Crippen MR) is 18.0 cm³/mol. The molecule has 0 fully saturated rings. The van der Waals surface area contributed by atoms with Gasteiger partial charge in [-0.3, -0.25) is 0 Å². The first kappa shape index (κ1) is 15.7. The van der Waals surface area contributed by atoms with Gasteiger partial charge in [-0.2, -0.15) is 0 Å². The van der Waals surface area contributed by atoms with Gasteiger partial charge >= 0.3 is 51.4 Å². The first-order valence-electron chi connectivity index (χ1n) is 0.289. The predicted octanol–water partition coefficient (Wildman–Crippen LogP) is -2.08. The van der Waals surface area contributed by atoms with E-state index >= 15 is 0 Å². The Morgan fingerprint density at radius 2 is 1.25 bits per heavy atom. The molecule has 0 radical (unpaired) electrons. The Hall–Kier alpha value is 3.18. The summed E-state index contributed by atoms with van der Waals surface area (Å²) in [6.45, 7) is 0. The Labute approximate surface area is 88.2 Å². The van der Waals surface area contributed by atoms with E-state index in [1.165, 1.54) is 0 Å². The minimum absolute atomic E-state index is 0. The van der Waals surface area contributed by atoms with Crippen molar-refractivity contribution in [2.24, 2.45) is 0 Å². The van der Waals surface area contributed by atoms with Crippen molar-refractivity contribution >= 4 is 17.9 Å².